The Morgan fingerprint density at radius 3 is 2.41 bits per heavy atom. The van der Waals surface area contributed by atoms with Crippen LogP contribution in [-0.4, -0.2) is 30.9 Å². The van der Waals surface area contributed by atoms with Crippen molar-refractivity contribution in [3.05, 3.63) is 71.5 Å². The van der Waals surface area contributed by atoms with Gasteiger partial charge >= 0.3 is 6.03 Å². The van der Waals surface area contributed by atoms with Gasteiger partial charge in [-0.2, -0.15) is 0 Å². The molecule has 3 rings (SSSR count). The zero-order valence-corrected chi connectivity index (χ0v) is 15.2. The van der Waals surface area contributed by atoms with Gasteiger partial charge in [0.15, 0.2) is 0 Å². The highest BCUT2D eigenvalue weighted by atomic mass is 19.1. The number of nitrogens with one attached hydrogen (secondary N) is 2. The maximum Gasteiger partial charge on any atom is 0.315 e. The molecule has 0 spiro atoms. The summed E-state index contributed by atoms with van der Waals surface area (Å²) in [4.78, 5) is 12.2. The fourth-order valence-electron chi connectivity index (χ4n) is 3.45. The number of carbonyl (C=O) groups excluding carboxylic acids is 1. The molecule has 0 unspecified atom stereocenters. The van der Waals surface area contributed by atoms with E-state index in [4.69, 9.17) is 4.74 Å². The Hall–Kier alpha value is -2.44. The van der Waals surface area contributed by atoms with Gasteiger partial charge in [0, 0.05) is 19.8 Å². The van der Waals surface area contributed by atoms with E-state index in [-0.39, 0.29) is 30.9 Å². The Bertz CT molecular complexity index is 733. The van der Waals surface area contributed by atoms with Crippen LogP contribution in [-0.2, 0) is 16.9 Å². The van der Waals surface area contributed by atoms with E-state index < -0.39 is 5.60 Å². The molecule has 0 saturated carbocycles. The Labute approximate surface area is 158 Å². The SMILES string of the molecule is O=C(NCc1ccc(F)cc1)NC[C@@](O)(c1ccccc1)C1CCOCC1. The van der Waals surface area contributed by atoms with Crippen LogP contribution < -0.4 is 10.6 Å². The lowest BCUT2D eigenvalue weighted by molar-refractivity contribution is -0.0676. The van der Waals surface area contributed by atoms with Gasteiger partial charge < -0.3 is 20.5 Å². The number of urea groups is 1. The quantitative estimate of drug-likeness (QED) is 0.730. The van der Waals surface area contributed by atoms with Crippen LogP contribution in [0, 0.1) is 11.7 Å². The van der Waals surface area contributed by atoms with E-state index in [9.17, 15) is 14.3 Å². The first kappa shape index (κ1) is 19.3. The van der Waals surface area contributed by atoms with Gasteiger partial charge in [0.05, 0.1) is 6.54 Å². The van der Waals surface area contributed by atoms with E-state index in [1.165, 1.54) is 12.1 Å². The average Bonchev–Trinajstić information content (AvgIpc) is 2.73. The molecular formula is C21H25FN2O3. The minimum absolute atomic E-state index is 0.00560. The van der Waals surface area contributed by atoms with Crippen LogP contribution in [0.15, 0.2) is 54.6 Å². The lowest BCUT2D eigenvalue weighted by atomic mass is 9.77. The van der Waals surface area contributed by atoms with E-state index in [1.54, 1.807) is 12.1 Å². The summed E-state index contributed by atoms with van der Waals surface area (Å²) in [7, 11) is 0. The number of carbonyl (C=O) groups is 1. The molecule has 2 aromatic carbocycles. The summed E-state index contributed by atoms with van der Waals surface area (Å²) < 4.78 is 18.4. The molecule has 0 radical (unpaired) electrons. The van der Waals surface area contributed by atoms with Crippen LogP contribution in [0.3, 0.4) is 0 Å². The van der Waals surface area contributed by atoms with Gasteiger partial charge in [-0.25, -0.2) is 9.18 Å². The number of aliphatic hydroxyl groups is 1. The Morgan fingerprint density at radius 1 is 1.07 bits per heavy atom. The maximum atomic E-state index is 12.9. The van der Waals surface area contributed by atoms with E-state index in [1.807, 2.05) is 30.3 Å². The highest BCUT2D eigenvalue weighted by Crippen LogP contribution is 2.35. The van der Waals surface area contributed by atoms with Crippen molar-refractivity contribution in [2.75, 3.05) is 19.8 Å². The molecule has 2 amide bonds. The summed E-state index contributed by atoms with van der Waals surface area (Å²) in [5, 5.41) is 17.0. The number of hydrogen-bond donors (Lipinski definition) is 3. The third kappa shape index (κ3) is 5.05. The van der Waals surface area contributed by atoms with Crippen molar-refractivity contribution >= 4 is 6.03 Å². The largest absolute Gasteiger partial charge is 0.383 e. The molecule has 2 aromatic rings. The smallest absolute Gasteiger partial charge is 0.315 e. The Morgan fingerprint density at radius 2 is 1.74 bits per heavy atom. The summed E-state index contributed by atoms with van der Waals surface area (Å²) in [6.07, 6.45) is 1.48. The lowest BCUT2D eigenvalue weighted by Crippen LogP contribution is -2.49. The van der Waals surface area contributed by atoms with Crippen LogP contribution in [0.5, 0.6) is 0 Å². The molecule has 0 aliphatic carbocycles. The number of rotatable bonds is 6. The molecule has 5 nitrogen and oxygen atoms in total. The number of benzene rings is 2. The molecule has 0 bridgehead atoms. The molecular weight excluding hydrogens is 347 g/mol. The average molecular weight is 372 g/mol. The van der Waals surface area contributed by atoms with Crippen molar-refractivity contribution in [2.45, 2.75) is 25.0 Å². The van der Waals surface area contributed by atoms with Crippen molar-refractivity contribution in [3.8, 4) is 0 Å². The van der Waals surface area contributed by atoms with Crippen LogP contribution >= 0.6 is 0 Å². The normalized spacial score (nSPS) is 17.1. The molecule has 1 atom stereocenters. The van der Waals surface area contributed by atoms with Gasteiger partial charge in [0.1, 0.15) is 11.4 Å². The summed E-state index contributed by atoms with van der Waals surface area (Å²) in [6.45, 7) is 1.61. The first-order valence-corrected chi connectivity index (χ1v) is 9.20. The first-order valence-electron chi connectivity index (χ1n) is 9.20. The van der Waals surface area contributed by atoms with Crippen molar-refractivity contribution in [1.82, 2.24) is 10.6 Å². The third-order valence-electron chi connectivity index (χ3n) is 5.06. The summed E-state index contributed by atoms with van der Waals surface area (Å²) >= 11 is 0. The standard InChI is InChI=1S/C21H25FN2O3/c22-19-8-6-16(7-9-19)14-23-20(25)24-15-21(26,17-4-2-1-3-5-17)18-10-12-27-13-11-18/h1-9,18,26H,10-15H2,(H2,23,24,25)/t21-/m1/s1. The Balaban J connectivity index is 1.62. The monoisotopic (exact) mass is 372 g/mol. The molecule has 6 heteroatoms. The number of ether oxygens (including phenoxy) is 1. The van der Waals surface area contributed by atoms with Crippen LogP contribution in [0.4, 0.5) is 9.18 Å². The molecule has 27 heavy (non-hydrogen) atoms. The molecule has 1 aliphatic rings. The molecule has 3 N–H and O–H groups in total. The molecule has 0 aromatic heterocycles. The fourth-order valence-corrected chi connectivity index (χ4v) is 3.45. The summed E-state index contributed by atoms with van der Waals surface area (Å²) in [5.74, 6) is -0.307. The molecule has 1 saturated heterocycles. The predicted molar refractivity (Wildman–Crippen MR) is 101 cm³/mol. The van der Waals surface area contributed by atoms with Gasteiger partial charge in [-0.1, -0.05) is 42.5 Å². The van der Waals surface area contributed by atoms with Crippen molar-refractivity contribution in [1.29, 1.82) is 0 Å². The second kappa shape index (κ2) is 8.97. The molecule has 1 aliphatic heterocycles. The van der Waals surface area contributed by atoms with E-state index in [2.05, 4.69) is 10.6 Å². The van der Waals surface area contributed by atoms with Crippen LogP contribution in [0.2, 0.25) is 0 Å². The van der Waals surface area contributed by atoms with E-state index in [0.717, 1.165) is 24.0 Å². The second-order valence-corrected chi connectivity index (χ2v) is 6.84. The zero-order chi connectivity index (χ0) is 19.1. The first-order chi connectivity index (χ1) is 13.1. The predicted octanol–water partition coefficient (Wildman–Crippen LogP) is 2.94. The minimum Gasteiger partial charge on any atom is -0.383 e. The summed E-state index contributed by atoms with van der Waals surface area (Å²) in [6, 6.07) is 15.0. The fraction of sp³-hybridized carbons (Fsp3) is 0.381. The number of amides is 2. The van der Waals surface area contributed by atoms with Gasteiger partial charge in [0.25, 0.3) is 0 Å². The number of halogens is 1. The molecule has 1 fully saturated rings. The second-order valence-electron chi connectivity index (χ2n) is 6.84. The van der Waals surface area contributed by atoms with Crippen molar-refractivity contribution in [2.24, 2.45) is 5.92 Å². The van der Waals surface area contributed by atoms with Gasteiger partial charge in [-0.05, 0) is 42.0 Å². The molecule has 144 valence electrons. The lowest BCUT2D eigenvalue weighted by Gasteiger charge is -2.39. The van der Waals surface area contributed by atoms with E-state index >= 15 is 0 Å². The topological polar surface area (TPSA) is 70.6 Å². The van der Waals surface area contributed by atoms with Crippen molar-refractivity contribution < 1.29 is 19.0 Å². The van der Waals surface area contributed by atoms with Gasteiger partial charge in [-0.3, -0.25) is 0 Å². The highest BCUT2D eigenvalue weighted by Gasteiger charge is 2.39. The summed E-state index contributed by atoms with van der Waals surface area (Å²) in [5.41, 5.74) is 0.433. The van der Waals surface area contributed by atoms with E-state index in [0.29, 0.717) is 13.2 Å². The number of hydrogen-bond acceptors (Lipinski definition) is 3. The van der Waals surface area contributed by atoms with Crippen molar-refractivity contribution in [3.63, 3.8) is 0 Å². The van der Waals surface area contributed by atoms with Crippen LogP contribution in [0.25, 0.3) is 0 Å². The minimum atomic E-state index is -1.15. The zero-order valence-electron chi connectivity index (χ0n) is 15.2. The van der Waals surface area contributed by atoms with Gasteiger partial charge in [-0.15, -0.1) is 0 Å². The molecule has 1 heterocycles. The maximum absolute atomic E-state index is 12.9. The third-order valence-corrected chi connectivity index (χ3v) is 5.06. The Kier molecular flexibility index (Phi) is 6.42. The highest BCUT2D eigenvalue weighted by molar-refractivity contribution is 5.74. The van der Waals surface area contributed by atoms with Gasteiger partial charge in [0.2, 0.25) is 0 Å². The van der Waals surface area contributed by atoms with Crippen LogP contribution in [0.1, 0.15) is 24.0 Å².